The van der Waals surface area contributed by atoms with Crippen LogP contribution < -0.4 is 4.74 Å². The van der Waals surface area contributed by atoms with Gasteiger partial charge < -0.3 is 9.84 Å². The number of rotatable bonds is 3. The standard InChI is InChI=1S/C12H6BrF2NO3/c13-7-4-9(12(17)18)16-5-11(7)19-10-2-1-6(14)3-8(10)15/h1-5H,(H,17,18). The Balaban J connectivity index is 2.31. The molecule has 2 rings (SSSR count). The number of hydrogen-bond donors (Lipinski definition) is 1. The molecule has 1 heterocycles. The van der Waals surface area contributed by atoms with Crippen LogP contribution in [0, 0.1) is 11.6 Å². The lowest BCUT2D eigenvalue weighted by molar-refractivity contribution is 0.0690. The molecular formula is C12H6BrF2NO3. The molecule has 98 valence electrons. The molecule has 0 fully saturated rings. The van der Waals surface area contributed by atoms with E-state index in [-0.39, 0.29) is 17.2 Å². The van der Waals surface area contributed by atoms with Crippen molar-refractivity contribution in [2.45, 2.75) is 0 Å². The van der Waals surface area contributed by atoms with Crippen LogP contribution in [0.1, 0.15) is 10.5 Å². The van der Waals surface area contributed by atoms with E-state index in [1.54, 1.807) is 0 Å². The molecule has 0 aliphatic rings. The van der Waals surface area contributed by atoms with Crippen molar-refractivity contribution < 1.29 is 23.4 Å². The second-order valence-corrected chi connectivity index (χ2v) is 4.34. The van der Waals surface area contributed by atoms with E-state index in [0.29, 0.717) is 10.5 Å². The first-order chi connectivity index (χ1) is 8.97. The lowest BCUT2D eigenvalue weighted by Gasteiger charge is -2.08. The van der Waals surface area contributed by atoms with Gasteiger partial charge in [0.1, 0.15) is 11.5 Å². The van der Waals surface area contributed by atoms with Crippen LogP contribution in [0.2, 0.25) is 0 Å². The third-order valence-electron chi connectivity index (χ3n) is 2.15. The SMILES string of the molecule is O=C(O)c1cc(Br)c(Oc2ccc(F)cc2F)cn1. The molecule has 0 amide bonds. The van der Waals surface area contributed by atoms with Gasteiger partial charge >= 0.3 is 5.97 Å². The van der Waals surface area contributed by atoms with Crippen molar-refractivity contribution >= 4 is 21.9 Å². The Hall–Kier alpha value is -2.02. The Morgan fingerprint density at radius 2 is 2.00 bits per heavy atom. The monoisotopic (exact) mass is 329 g/mol. The molecule has 19 heavy (non-hydrogen) atoms. The van der Waals surface area contributed by atoms with E-state index in [2.05, 4.69) is 20.9 Å². The molecule has 0 unspecified atom stereocenters. The predicted molar refractivity (Wildman–Crippen MR) is 65.3 cm³/mol. The summed E-state index contributed by atoms with van der Waals surface area (Å²) < 4.78 is 31.6. The Morgan fingerprint density at radius 1 is 1.26 bits per heavy atom. The van der Waals surface area contributed by atoms with Gasteiger partial charge in [-0.3, -0.25) is 0 Å². The number of carbonyl (C=O) groups is 1. The number of benzene rings is 1. The van der Waals surface area contributed by atoms with E-state index in [9.17, 15) is 13.6 Å². The summed E-state index contributed by atoms with van der Waals surface area (Å²) in [4.78, 5) is 14.3. The zero-order valence-corrected chi connectivity index (χ0v) is 10.8. The molecule has 7 heteroatoms. The number of carboxylic acids is 1. The van der Waals surface area contributed by atoms with Crippen molar-refractivity contribution in [1.82, 2.24) is 4.98 Å². The number of carboxylic acid groups (broad SMARTS) is 1. The molecule has 0 atom stereocenters. The molecule has 0 aliphatic carbocycles. The Kier molecular flexibility index (Phi) is 3.75. The summed E-state index contributed by atoms with van der Waals surface area (Å²) in [7, 11) is 0. The zero-order chi connectivity index (χ0) is 14.0. The summed E-state index contributed by atoms with van der Waals surface area (Å²) in [6.45, 7) is 0. The minimum Gasteiger partial charge on any atom is -0.477 e. The minimum absolute atomic E-state index is 0.121. The quantitative estimate of drug-likeness (QED) is 0.934. The Bertz CT molecular complexity index is 649. The average Bonchev–Trinajstić information content (AvgIpc) is 2.34. The molecule has 0 saturated carbocycles. The van der Waals surface area contributed by atoms with Crippen LogP contribution in [0.4, 0.5) is 8.78 Å². The van der Waals surface area contributed by atoms with E-state index in [0.717, 1.165) is 18.3 Å². The molecule has 0 saturated heterocycles. The molecule has 2 aromatic rings. The maximum absolute atomic E-state index is 13.4. The van der Waals surface area contributed by atoms with Gasteiger partial charge in [0.2, 0.25) is 0 Å². The highest BCUT2D eigenvalue weighted by atomic mass is 79.9. The lowest BCUT2D eigenvalue weighted by Crippen LogP contribution is -2.00. The van der Waals surface area contributed by atoms with Crippen molar-refractivity contribution in [2.24, 2.45) is 0 Å². The van der Waals surface area contributed by atoms with Gasteiger partial charge in [-0.25, -0.2) is 18.6 Å². The molecule has 0 spiro atoms. The van der Waals surface area contributed by atoms with Crippen LogP contribution in [0.3, 0.4) is 0 Å². The highest BCUT2D eigenvalue weighted by molar-refractivity contribution is 9.10. The molecule has 0 radical (unpaired) electrons. The number of aromatic carboxylic acids is 1. The molecule has 0 aliphatic heterocycles. The zero-order valence-electron chi connectivity index (χ0n) is 9.23. The average molecular weight is 330 g/mol. The number of nitrogens with zero attached hydrogens (tertiary/aromatic N) is 1. The first-order valence-corrected chi connectivity index (χ1v) is 5.78. The fraction of sp³-hybridized carbons (Fsp3) is 0. The van der Waals surface area contributed by atoms with Gasteiger partial charge in [0.05, 0.1) is 10.7 Å². The molecule has 4 nitrogen and oxygen atoms in total. The summed E-state index contributed by atoms with van der Waals surface area (Å²) >= 11 is 3.09. The van der Waals surface area contributed by atoms with Crippen LogP contribution >= 0.6 is 15.9 Å². The van der Waals surface area contributed by atoms with Crippen LogP contribution in [0.5, 0.6) is 11.5 Å². The van der Waals surface area contributed by atoms with E-state index in [1.165, 1.54) is 6.07 Å². The third-order valence-corrected chi connectivity index (χ3v) is 2.77. The van der Waals surface area contributed by atoms with Gasteiger partial charge in [0, 0.05) is 6.07 Å². The summed E-state index contributed by atoms with van der Waals surface area (Å²) in [5.41, 5.74) is -0.182. The van der Waals surface area contributed by atoms with Gasteiger partial charge in [-0.05, 0) is 34.1 Å². The highest BCUT2D eigenvalue weighted by Gasteiger charge is 2.12. The number of pyridine rings is 1. The third kappa shape index (κ3) is 3.05. The van der Waals surface area contributed by atoms with Gasteiger partial charge in [-0.2, -0.15) is 0 Å². The highest BCUT2D eigenvalue weighted by Crippen LogP contribution is 2.31. The van der Waals surface area contributed by atoms with E-state index in [4.69, 9.17) is 9.84 Å². The van der Waals surface area contributed by atoms with Gasteiger partial charge in [-0.1, -0.05) is 0 Å². The van der Waals surface area contributed by atoms with Crippen LogP contribution in [0.15, 0.2) is 34.9 Å². The van der Waals surface area contributed by atoms with Crippen LogP contribution in [-0.2, 0) is 0 Å². The van der Waals surface area contributed by atoms with Crippen molar-refractivity contribution in [3.63, 3.8) is 0 Å². The van der Waals surface area contributed by atoms with Crippen molar-refractivity contribution in [2.75, 3.05) is 0 Å². The smallest absolute Gasteiger partial charge is 0.354 e. The molecule has 0 bridgehead atoms. The van der Waals surface area contributed by atoms with Crippen molar-refractivity contribution in [3.05, 3.63) is 52.3 Å². The lowest BCUT2D eigenvalue weighted by atomic mass is 10.3. The topological polar surface area (TPSA) is 59.4 Å². The number of hydrogen-bond acceptors (Lipinski definition) is 3. The fourth-order valence-electron chi connectivity index (χ4n) is 1.29. The maximum Gasteiger partial charge on any atom is 0.354 e. The Labute approximate surface area is 114 Å². The van der Waals surface area contributed by atoms with Crippen LogP contribution in [0.25, 0.3) is 0 Å². The Morgan fingerprint density at radius 3 is 2.58 bits per heavy atom. The van der Waals surface area contributed by atoms with Crippen molar-refractivity contribution in [3.8, 4) is 11.5 Å². The largest absolute Gasteiger partial charge is 0.477 e. The summed E-state index contributed by atoms with van der Waals surface area (Å²) in [6, 6.07) is 4.08. The first kappa shape index (κ1) is 13.4. The second-order valence-electron chi connectivity index (χ2n) is 3.48. The molecule has 1 aromatic heterocycles. The molecule has 1 aromatic carbocycles. The molecule has 1 N–H and O–H groups in total. The number of ether oxygens (including phenoxy) is 1. The van der Waals surface area contributed by atoms with Gasteiger partial charge in [-0.15, -0.1) is 0 Å². The number of aromatic nitrogens is 1. The second kappa shape index (κ2) is 5.31. The minimum atomic E-state index is -1.19. The van der Waals surface area contributed by atoms with E-state index >= 15 is 0 Å². The summed E-state index contributed by atoms with van der Waals surface area (Å²) in [6.07, 6.45) is 1.14. The molecular weight excluding hydrogens is 324 g/mol. The van der Waals surface area contributed by atoms with Crippen molar-refractivity contribution in [1.29, 1.82) is 0 Å². The van der Waals surface area contributed by atoms with Crippen LogP contribution in [-0.4, -0.2) is 16.1 Å². The summed E-state index contributed by atoms with van der Waals surface area (Å²) in [5, 5.41) is 8.74. The van der Waals surface area contributed by atoms with Gasteiger partial charge in [0.15, 0.2) is 17.3 Å². The number of halogens is 3. The summed E-state index contributed by atoms with van der Waals surface area (Å²) in [5.74, 6) is -2.85. The van der Waals surface area contributed by atoms with Gasteiger partial charge in [0.25, 0.3) is 0 Å². The normalized spacial score (nSPS) is 10.3. The van der Waals surface area contributed by atoms with E-state index < -0.39 is 17.6 Å². The fourth-order valence-corrected chi connectivity index (χ4v) is 1.69. The maximum atomic E-state index is 13.4. The predicted octanol–water partition coefficient (Wildman–Crippen LogP) is 3.61. The van der Waals surface area contributed by atoms with E-state index in [1.807, 2.05) is 0 Å². The first-order valence-electron chi connectivity index (χ1n) is 4.99.